The highest BCUT2D eigenvalue weighted by Gasteiger charge is 2.42. The maximum Gasteiger partial charge on any atom is 0.174 e. The SMILES string of the molecule is CC1=CC(C)(C)N(C)c2cc(Cl)c([C@@H]3[C@@H](c4ccccn4)NC(=S)N3c3ccc(F)cc3)cc21. The van der Waals surface area contributed by atoms with Crippen LogP contribution in [0.5, 0.6) is 0 Å². The molecule has 2 atom stereocenters. The van der Waals surface area contributed by atoms with E-state index >= 15 is 0 Å². The van der Waals surface area contributed by atoms with Crippen molar-refractivity contribution in [1.82, 2.24) is 10.3 Å². The second-order valence-corrected chi connectivity index (χ2v) is 10.2. The number of likely N-dealkylation sites (N-methyl/N-ethyl adjacent to an activating group) is 1. The second-order valence-electron chi connectivity index (χ2n) is 9.40. The number of thiocarbonyl (C=S) groups is 1. The van der Waals surface area contributed by atoms with E-state index in [9.17, 15) is 4.39 Å². The Hall–Kier alpha value is -2.96. The van der Waals surface area contributed by atoms with E-state index in [0.717, 1.165) is 28.2 Å². The molecule has 0 aliphatic carbocycles. The van der Waals surface area contributed by atoms with Crippen LogP contribution >= 0.6 is 23.8 Å². The van der Waals surface area contributed by atoms with Crippen molar-refractivity contribution in [2.45, 2.75) is 38.4 Å². The molecule has 1 aromatic heterocycles. The van der Waals surface area contributed by atoms with E-state index in [0.29, 0.717) is 10.1 Å². The Kier molecular flexibility index (Phi) is 5.61. The quantitative estimate of drug-likeness (QED) is 0.412. The van der Waals surface area contributed by atoms with Crippen molar-refractivity contribution in [3.8, 4) is 0 Å². The summed E-state index contributed by atoms with van der Waals surface area (Å²) in [6.07, 6.45) is 4.05. The number of aromatic nitrogens is 1. The van der Waals surface area contributed by atoms with E-state index < -0.39 is 0 Å². The summed E-state index contributed by atoms with van der Waals surface area (Å²) in [5.41, 5.74) is 5.91. The van der Waals surface area contributed by atoms with Crippen LogP contribution in [0.15, 0.2) is 66.9 Å². The molecule has 174 valence electrons. The number of allylic oxidation sites excluding steroid dienone is 1. The van der Waals surface area contributed by atoms with E-state index in [1.54, 1.807) is 18.3 Å². The fraction of sp³-hybridized carbons (Fsp3) is 0.259. The van der Waals surface area contributed by atoms with Gasteiger partial charge in [-0.3, -0.25) is 4.98 Å². The first-order chi connectivity index (χ1) is 16.2. The van der Waals surface area contributed by atoms with Crippen molar-refractivity contribution in [2.75, 3.05) is 16.8 Å². The van der Waals surface area contributed by atoms with E-state index in [-0.39, 0.29) is 23.4 Å². The molecule has 3 heterocycles. The van der Waals surface area contributed by atoms with E-state index in [4.69, 9.17) is 23.8 Å². The molecule has 0 bridgehead atoms. The van der Waals surface area contributed by atoms with Gasteiger partial charge in [0.15, 0.2) is 5.11 Å². The van der Waals surface area contributed by atoms with Crippen molar-refractivity contribution in [2.24, 2.45) is 0 Å². The van der Waals surface area contributed by atoms with Gasteiger partial charge in [0.05, 0.1) is 23.3 Å². The number of fused-ring (bicyclic) bond motifs is 1. The molecule has 0 amide bonds. The minimum Gasteiger partial charge on any atom is -0.365 e. The zero-order valence-electron chi connectivity index (χ0n) is 19.5. The highest BCUT2D eigenvalue weighted by molar-refractivity contribution is 7.80. The summed E-state index contributed by atoms with van der Waals surface area (Å²) in [5, 5.41) is 4.64. The Morgan fingerprint density at radius 2 is 1.85 bits per heavy atom. The third-order valence-corrected chi connectivity index (χ3v) is 7.50. The number of hydrogen-bond donors (Lipinski definition) is 1. The van der Waals surface area contributed by atoms with E-state index in [2.05, 4.69) is 55.2 Å². The standard InChI is InChI=1S/C27H26ClFN4S/c1-16-15-27(2,3)32(4)23-14-21(28)20(13-19(16)23)25-24(22-7-5-6-12-30-22)31-26(34)33(25)18-10-8-17(29)9-11-18/h5-15,24-25H,1-4H3,(H,31,34)/t24-,25-/m1/s1. The molecule has 3 aromatic rings. The molecule has 5 rings (SSSR count). The van der Waals surface area contributed by atoms with Crippen LogP contribution in [-0.4, -0.2) is 22.7 Å². The zero-order valence-corrected chi connectivity index (χ0v) is 21.1. The van der Waals surface area contributed by atoms with Crippen LogP contribution in [0.4, 0.5) is 15.8 Å². The summed E-state index contributed by atoms with van der Waals surface area (Å²) in [5.74, 6) is -0.294. The van der Waals surface area contributed by atoms with Gasteiger partial charge in [0, 0.05) is 35.2 Å². The lowest BCUT2D eigenvalue weighted by atomic mass is 9.86. The van der Waals surface area contributed by atoms with Crippen molar-refractivity contribution in [1.29, 1.82) is 0 Å². The molecule has 2 aliphatic heterocycles. The van der Waals surface area contributed by atoms with Crippen molar-refractivity contribution >= 4 is 45.9 Å². The predicted molar refractivity (Wildman–Crippen MR) is 142 cm³/mol. The first-order valence-corrected chi connectivity index (χ1v) is 12.0. The maximum atomic E-state index is 13.7. The second kappa shape index (κ2) is 8.36. The Bertz CT molecular complexity index is 1290. The van der Waals surface area contributed by atoms with Crippen LogP contribution < -0.4 is 15.1 Å². The number of pyridine rings is 1. The lowest BCUT2D eigenvalue weighted by Gasteiger charge is -2.41. The molecule has 0 radical (unpaired) electrons. The summed E-state index contributed by atoms with van der Waals surface area (Å²) in [7, 11) is 2.09. The third kappa shape index (κ3) is 3.75. The van der Waals surface area contributed by atoms with Crippen molar-refractivity contribution in [3.05, 3.63) is 94.5 Å². The molecule has 7 heteroatoms. The number of benzene rings is 2. The molecular formula is C27H26ClFN4S. The number of rotatable bonds is 3. The van der Waals surface area contributed by atoms with Crippen LogP contribution in [0.25, 0.3) is 5.57 Å². The number of nitrogens with one attached hydrogen (secondary N) is 1. The normalized spacial score (nSPS) is 21.2. The molecule has 0 unspecified atom stereocenters. The number of nitrogens with zero attached hydrogens (tertiary/aromatic N) is 3. The average Bonchev–Trinajstić information content (AvgIpc) is 3.15. The van der Waals surface area contributed by atoms with Gasteiger partial charge in [-0.2, -0.15) is 0 Å². The maximum absolute atomic E-state index is 13.7. The van der Waals surface area contributed by atoms with Gasteiger partial charge in [0.25, 0.3) is 0 Å². The van der Waals surface area contributed by atoms with E-state index in [1.807, 2.05) is 29.2 Å². The first kappa shape index (κ1) is 22.8. The molecular weight excluding hydrogens is 467 g/mol. The molecule has 0 spiro atoms. The summed E-state index contributed by atoms with van der Waals surface area (Å²) in [6, 6.07) is 15.9. The van der Waals surface area contributed by atoms with Gasteiger partial charge in [-0.15, -0.1) is 0 Å². The molecule has 2 aliphatic rings. The van der Waals surface area contributed by atoms with Crippen LogP contribution in [-0.2, 0) is 0 Å². The van der Waals surface area contributed by atoms with Crippen LogP contribution in [0, 0.1) is 5.82 Å². The number of halogens is 2. The Labute approximate surface area is 210 Å². The Balaban J connectivity index is 1.70. The zero-order chi connectivity index (χ0) is 24.2. The van der Waals surface area contributed by atoms with Crippen LogP contribution in [0.3, 0.4) is 0 Å². The van der Waals surface area contributed by atoms with Gasteiger partial charge in [-0.25, -0.2) is 4.39 Å². The molecule has 1 fully saturated rings. The molecule has 2 aromatic carbocycles. The van der Waals surface area contributed by atoms with Gasteiger partial charge in [-0.05, 0) is 92.7 Å². The van der Waals surface area contributed by atoms with Gasteiger partial charge in [0.1, 0.15) is 5.82 Å². The molecule has 1 N–H and O–H groups in total. The summed E-state index contributed by atoms with van der Waals surface area (Å²) < 4.78 is 13.7. The fourth-order valence-electron chi connectivity index (χ4n) is 4.97. The minimum absolute atomic E-state index is 0.116. The van der Waals surface area contributed by atoms with Gasteiger partial charge in [0.2, 0.25) is 0 Å². The monoisotopic (exact) mass is 492 g/mol. The fourth-order valence-corrected chi connectivity index (χ4v) is 5.58. The molecule has 34 heavy (non-hydrogen) atoms. The predicted octanol–water partition coefficient (Wildman–Crippen LogP) is 6.68. The minimum atomic E-state index is -0.294. The summed E-state index contributed by atoms with van der Waals surface area (Å²) >= 11 is 12.8. The topological polar surface area (TPSA) is 31.4 Å². The highest BCUT2D eigenvalue weighted by atomic mass is 35.5. The van der Waals surface area contributed by atoms with Crippen molar-refractivity contribution < 1.29 is 4.39 Å². The van der Waals surface area contributed by atoms with Crippen LogP contribution in [0.1, 0.15) is 49.7 Å². The smallest absolute Gasteiger partial charge is 0.174 e. The first-order valence-electron chi connectivity index (χ1n) is 11.2. The lowest BCUT2D eigenvalue weighted by Crippen LogP contribution is -2.42. The average molecular weight is 493 g/mol. The third-order valence-electron chi connectivity index (χ3n) is 6.86. The van der Waals surface area contributed by atoms with Crippen LogP contribution in [0.2, 0.25) is 5.02 Å². The Morgan fingerprint density at radius 3 is 2.53 bits per heavy atom. The Morgan fingerprint density at radius 1 is 1.12 bits per heavy atom. The van der Waals surface area contributed by atoms with E-state index in [1.165, 1.54) is 17.7 Å². The highest BCUT2D eigenvalue weighted by Crippen LogP contribution is 2.47. The van der Waals surface area contributed by atoms with Gasteiger partial charge >= 0.3 is 0 Å². The lowest BCUT2D eigenvalue weighted by molar-refractivity contribution is 0.566. The molecule has 0 saturated carbocycles. The molecule has 1 saturated heterocycles. The van der Waals surface area contributed by atoms with Gasteiger partial charge in [-0.1, -0.05) is 23.7 Å². The number of anilines is 2. The number of hydrogen-bond acceptors (Lipinski definition) is 3. The summed E-state index contributed by atoms with van der Waals surface area (Å²) in [6.45, 7) is 6.51. The molecule has 4 nitrogen and oxygen atoms in total. The van der Waals surface area contributed by atoms with Gasteiger partial charge < -0.3 is 15.1 Å². The van der Waals surface area contributed by atoms with Crippen molar-refractivity contribution in [3.63, 3.8) is 0 Å². The largest absolute Gasteiger partial charge is 0.365 e. The summed E-state index contributed by atoms with van der Waals surface area (Å²) in [4.78, 5) is 8.86.